The summed E-state index contributed by atoms with van der Waals surface area (Å²) in [7, 11) is 0. The first kappa shape index (κ1) is 26.6. The summed E-state index contributed by atoms with van der Waals surface area (Å²) in [6.45, 7) is 5.14. The molecule has 4 N–H and O–H groups in total. The molecule has 1 aliphatic rings. The van der Waals surface area contributed by atoms with Crippen molar-refractivity contribution >= 4 is 35.7 Å². The molecule has 3 atom stereocenters. The maximum absolute atomic E-state index is 12.7. The van der Waals surface area contributed by atoms with E-state index >= 15 is 0 Å². The number of carbonyl (C=O) groups is 5. The maximum atomic E-state index is 12.7. The first-order valence-corrected chi connectivity index (χ1v) is 11.2. The summed E-state index contributed by atoms with van der Waals surface area (Å²) < 4.78 is 5.13. The van der Waals surface area contributed by atoms with Gasteiger partial charge >= 0.3 is 5.97 Å². The number of aliphatic carboxylic acids is 1. The molecule has 0 aliphatic carbocycles. The molecule has 2 rings (SSSR count). The molecule has 1 fully saturated rings. The number of furan rings is 1. The Balaban J connectivity index is 1.93. The number of carboxylic acids is 1. The quantitative estimate of drug-likeness (QED) is 0.339. The third-order valence-corrected chi connectivity index (χ3v) is 5.30. The molecule has 34 heavy (non-hydrogen) atoms. The van der Waals surface area contributed by atoms with E-state index in [1.54, 1.807) is 12.1 Å². The fraction of sp³-hybridized carbons (Fsp3) is 0.522. The highest BCUT2D eigenvalue weighted by molar-refractivity contribution is 5.96. The molecule has 0 bridgehead atoms. The number of nitrogens with zero attached hydrogens (tertiary/aromatic N) is 1. The lowest BCUT2D eigenvalue weighted by Gasteiger charge is -2.25. The highest BCUT2D eigenvalue weighted by Crippen LogP contribution is 2.17. The summed E-state index contributed by atoms with van der Waals surface area (Å²) in [5, 5.41) is 16.5. The third-order valence-electron chi connectivity index (χ3n) is 5.30. The maximum Gasteiger partial charge on any atom is 0.325 e. The van der Waals surface area contributed by atoms with Gasteiger partial charge in [0, 0.05) is 12.6 Å². The molecule has 4 amide bonds. The molecule has 0 saturated carbocycles. The Bertz CT molecular complexity index is 910. The molecule has 2 heterocycles. The van der Waals surface area contributed by atoms with E-state index in [-0.39, 0.29) is 12.5 Å². The Kier molecular flexibility index (Phi) is 9.84. The van der Waals surface area contributed by atoms with Crippen LogP contribution in [0.4, 0.5) is 0 Å². The lowest BCUT2D eigenvalue weighted by molar-refractivity contribution is -0.143. The van der Waals surface area contributed by atoms with Crippen LogP contribution in [0.25, 0.3) is 6.08 Å². The van der Waals surface area contributed by atoms with E-state index in [0.29, 0.717) is 31.6 Å². The summed E-state index contributed by atoms with van der Waals surface area (Å²) in [6, 6.07) is 0.652. The van der Waals surface area contributed by atoms with Crippen molar-refractivity contribution in [2.45, 2.75) is 58.2 Å². The molecule has 1 aromatic heterocycles. The highest BCUT2D eigenvalue weighted by atomic mass is 16.4. The summed E-state index contributed by atoms with van der Waals surface area (Å²) in [4.78, 5) is 62.4. The van der Waals surface area contributed by atoms with Gasteiger partial charge in [0.05, 0.1) is 12.8 Å². The van der Waals surface area contributed by atoms with Crippen molar-refractivity contribution in [2.24, 2.45) is 5.92 Å². The van der Waals surface area contributed by atoms with E-state index in [1.165, 1.54) is 30.2 Å². The van der Waals surface area contributed by atoms with Crippen LogP contribution in [0.3, 0.4) is 0 Å². The number of carboxylic acid groups (broad SMARTS) is 1. The molecule has 11 nitrogen and oxygen atoms in total. The number of hydrogen-bond donors (Lipinski definition) is 4. The normalized spacial score (nSPS) is 17.4. The predicted octanol–water partition coefficient (Wildman–Crippen LogP) is 0.520. The molecule has 11 heteroatoms. The lowest BCUT2D eigenvalue weighted by Crippen LogP contribution is -2.53. The summed E-state index contributed by atoms with van der Waals surface area (Å²) in [5.74, 6) is -2.57. The molecule has 1 aliphatic heterocycles. The molecular weight excluding hydrogens is 444 g/mol. The van der Waals surface area contributed by atoms with Gasteiger partial charge in [0.1, 0.15) is 23.9 Å². The monoisotopic (exact) mass is 476 g/mol. The third kappa shape index (κ3) is 8.05. The molecule has 186 valence electrons. The largest absolute Gasteiger partial charge is 0.480 e. The van der Waals surface area contributed by atoms with Crippen LogP contribution in [-0.4, -0.2) is 70.8 Å². The van der Waals surface area contributed by atoms with Crippen molar-refractivity contribution in [1.82, 2.24) is 20.9 Å². The molecule has 1 aromatic rings. The fourth-order valence-electron chi connectivity index (χ4n) is 3.56. The highest BCUT2D eigenvalue weighted by Gasteiger charge is 2.35. The lowest BCUT2D eigenvalue weighted by atomic mass is 10.0. The number of hydrogen-bond acceptors (Lipinski definition) is 6. The summed E-state index contributed by atoms with van der Waals surface area (Å²) in [5.41, 5.74) is 0. The topological polar surface area (TPSA) is 158 Å². The van der Waals surface area contributed by atoms with Gasteiger partial charge in [0.25, 0.3) is 0 Å². The second-order valence-electron chi connectivity index (χ2n) is 8.57. The van der Waals surface area contributed by atoms with Crippen molar-refractivity contribution in [3.63, 3.8) is 0 Å². The minimum atomic E-state index is -1.17. The Hall–Kier alpha value is -3.63. The van der Waals surface area contributed by atoms with Crippen LogP contribution in [0.15, 0.2) is 28.9 Å². The number of nitrogens with one attached hydrogen (secondary N) is 3. The first-order chi connectivity index (χ1) is 16.1. The molecule has 1 saturated heterocycles. The van der Waals surface area contributed by atoms with Gasteiger partial charge in [-0.05, 0) is 50.3 Å². The Labute approximate surface area is 197 Å². The molecular formula is C23H32N4O7. The minimum Gasteiger partial charge on any atom is -0.480 e. The van der Waals surface area contributed by atoms with E-state index in [0.717, 1.165) is 0 Å². The van der Waals surface area contributed by atoms with Crippen molar-refractivity contribution < 1.29 is 33.5 Å². The van der Waals surface area contributed by atoms with Crippen LogP contribution in [0, 0.1) is 5.92 Å². The zero-order valence-corrected chi connectivity index (χ0v) is 19.6. The summed E-state index contributed by atoms with van der Waals surface area (Å²) in [6.07, 6.45) is 5.58. The van der Waals surface area contributed by atoms with Crippen LogP contribution in [-0.2, 0) is 24.0 Å². The average molecular weight is 477 g/mol. The SMILES string of the molecule is CC(C)CC(NC(=O)/C=C/c1ccco1)C(=O)NCC(=O)N1CCCC1C(=O)NC(C)C(=O)O. The van der Waals surface area contributed by atoms with Crippen molar-refractivity contribution in [3.8, 4) is 0 Å². The molecule has 0 radical (unpaired) electrons. The van der Waals surface area contributed by atoms with Gasteiger partial charge in [0.2, 0.25) is 23.6 Å². The predicted molar refractivity (Wildman–Crippen MR) is 122 cm³/mol. The second-order valence-corrected chi connectivity index (χ2v) is 8.57. The minimum absolute atomic E-state index is 0.101. The second kappa shape index (κ2) is 12.6. The average Bonchev–Trinajstić information content (AvgIpc) is 3.47. The first-order valence-electron chi connectivity index (χ1n) is 11.2. The molecule has 0 aromatic carbocycles. The van der Waals surface area contributed by atoms with Crippen LogP contribution < -0.4 is 16.0 Å². The van der Waals surface area contributed by atoms with Crippen LogP contribution in [0.5, 0.6) is 0 Å². The number of amides is 4. The summed E-state index contributed by atoms with van der Waals surface area (Å²) >= 11 is 0. The van der Waals surface area contributed by atoms with E-state index in [1.807, 2.05) is 13.8 Å². The number of likely N-dealkylation sites (tertiary alicyclic amines) is 1. The van der Waals surface area contributed by atoms with Crippen molar-refractivity contribution in [2.75, 3.05) is 13.1 Å². The van der Waals surface area contributed by atoms with Crippen molar-refractivity contribution in [3.05, 3.63) is 30.2 Å². The smallest absolute Gasteiger partial charge is 0.325 e. The fourth-order valence-corrected chi connectivity index (χ4v) is 3.56. The number of carbonyl (C=O) groups excluding carboxylic acids is 4. The van der Waals surface area contributed by atoms with Crippen LogP contribution in [0.2, 0.25) is 0 Å². The Morgan fingerprint density at radius 1 is 1.21 bits per heavy atom. The number of rotatable bonds is 11. The standard InChI is InChI=1S/C23H32N4O7/c1-14(2)12-17(26-19(28)9-8-16-6-5-11-34-16)21(30)24-13-20(29)27-10-4-7-18(27)22(31)25-15(3)23(32)33/h5-6,8-9,11,14-15,17-18H,4,7,10,12-13H2,1-3H3,(H,24,30)(H,25,31)(H,26,28)(H,32,33)/b9-8+. The van der Waals surface area contributed by atoms with Gasteiger partial charge in [-0.15, -0.1) is 0 Å². The Morgan fingerprint density at radius 3 is 2.56 bits per heavy atom. The van der Waals surface area contributed by atoms with E-state index < -0.39 is 47.7 Å². The van der Waals surface area contributed by atoms with Crippen LogP contribution in [0.1, 0.15) is 45.8 Å². The van der Waals surface area contributed by atoms with Crippen LogP contribution >= 0.6 is 0 Å². The van der Waals surface area contributed by atoms with Gasteiger partial charge in [-0.3, -0.25) is 24.0 Å². The molecule has 0 spiro atoms. The Morgan fingerprint density at radius 2 is 1.94 bits per heavy atom. The van der Waals surface area contributed by atoms with Gasteiger partial charge < -0.3 is 30.4 Å². The van der Waals surface area contributed by atoms with Gasteiger partial charge in [-0.25, -0.2) is 0 Å². The van der Waals surface area contributed by atoms with E-state index in [4.69, 9.17) is 9.52 Å². The molecule has 3 unspecified atom stereocenters. The van der Waals surface area contributed by atoms with Gasteiger partial charge in [0.15, 0.2) is 0 Å². The zero-order valence-electron chi connectivity index (χ0n) is 19.6. The zero-order chi connectivity index (χ0) is 25.3. The van der Waals surface area contributed by atoms with E-state index in [9.17, 15) is 24.0 Å². The van der Waals surface area contributed by atoms with Gasteiger partial charge in [-0.1, -0.05) is 13.8 Å². The van der Waals surface area contributed by atoms with Crippen molar-refractivity contribution in [1.29, 1.82) is 0 Å². The van der Waals surface area contributed by atoms with Gasteiger partial charge in [-0.2, -0.15) is 0 Å². The van der Waals surface area contributed by atoms with E-state index in [2.05, 4.69) is 16.0 Å².